The van der Waals surface area contributed by atoms with Crippen LogP contribution in [0.5, 0.6) is 0 Å². The van der Waals surface area contributed by atoms with Crippen molar-refractivity contribution in [2.24, 2.45) is 0 Å². The van der Waals surface area contributed by atoms with Crippen LogP contribution in [0.15, 0.2) is 22.6 Å². The summed E-state index contributed by atoms with van der Waals surface area (Å²) in [5.74, 6) is 1.74. The summed E-state index contributed by atoms with van der Waals surface area (Å²) in [5.41, 5.74) is 0. The van der Waals surface area contributed by atoms with E-state index >= 15 is 0 Å². The van der Waals surface area contributed by atoms with Gasteiger partial charge in [-0.05, 0) is 38.0 Å². The van der Waals surface area contributed by atoms with Crippen LogP contribution in [0.25, 0.3) is 6.08 Å². The van der Waals surface area contributed by atoms with Crippen LogP contribution in [-0.4, -0.2) is 72.3 Å². The molecule has 3 rings (SSSR count). The molecule has 0 unspecified atom stereocenters. The van der Waals surface area contributed by atoms with Crippen LogP contribution in [0.3, 0.4) is 0 Å². The highest BCUT2D eigenvalue weighted by atomic mass is 16.3. The Kier molecular flexibility index (Phi) is 5.35. The van der Waals surface area contributed by atoms with Crippen LogP contribution < -0.4 is 0 Å². The number of likely N-dealkylation sites (tertiary alicyclic amines) is 1. The fourth-order valence-corrected chi connectivity index (χ4v) is 3.19. The first-order valence-electron chi connectivity index (χ1n) is 8.65. The highest BCUT2D eigenvalue weighted by Crippen LogP contribution is 2.11. The number of aryl methyl sites for hydroxylation is 1. The number of hydrogen-bond acceptors (Lipinski definition) is 4. The molecule has 0 spiro atoms. The third-order valence-electron chi connectivity index (χ3n) is 4.65. The van der Waals surface area contributed by atoms with Crippen LogP contribution in [-0.2, 0) is 9.59 Å². The quantitative estimate of drug-likeness (QED) is 0.782. The van der Waals surface area contributed by atoms with Gasteiger partial charge in [-0.25, -0.2) is 0 Å². The van der Waals surface area contributed by atoms with Crippen LogP contribution in [0, 0.1) is 6.92 Å². The van der Waals surface area contributed by atoms with E-state index in [-0.39, 0.29) is 11.8 Å². The molecule has 0 bridgehead atoms. The van der Waals surface area contributed by atoms with Gasteiger partial charge in [0.1, 0.15) is 11.5 Å². The van der Waals surface area contributed by atoms with Gasteiger partial charge in [-0.3, -0.25) is 14.5 Å². The molecule has 0 N–H and O–H groups in total. The molecule has 6 nitrogen and oxygen atoms in total. The average Bonchev–Trinajstić information content (AvgIpc) is 3.25. The molecule has 24 heavy (non-hydrogen) atoms. The van der Waals surface area contributed by atoms with Crippen molar-refractivity contribution < 1.29 is 14.0 Å². The van der Waals surface area contributed by atoms with E-state index in [0.29, 0.717) is 25.4 Å². The van der Waals surface area contributed by atoms with Crippen LogP contribution in [0.2, 0.25) is 0 Å². The Bertz CT molecular complexity index is 609. The van der Waals surface area contributed by atoms with Gasteiger partial charge in [0.05, 0.1) is 6.54 Å². The van der Waals surface area contributed by atoms with Crippen LogP contribution in [0.4, 0.5) is 0 Å². The summed E-state index contributed by atoms with van der Waals surface area (Å²) in [4.78, 5) is 30.3. The molecule has 2 saturated heterocycles. The topological polar surface area (TPSA) is 57.0 Å². The van der Waals surface area contributed by atoms with Gasteiger partial charge in [0.25, 0.3) is 0 Å². The second-order valence-electron chi connectivity index (χ2n) is 6.47. The van der Waals surface area contributed by atoms with Crippen LogP contribution in [0.1, 0.15) is 24.4 Å². The van der Waals surface area contributed by atoms with Crippen molar-refractivity contribution in [1.82, 2.24) is 14.7 Å². The number of piperazine rings is 1. The highest BCUT2D eigenvalue weighted by Gasteiger charge is 2.24. The van der Waals surface area contributed by atoms with Crippen molar-refractivity contribution in [1.29, 1.82) is 0 Å². The zero-order valence-corrected chi connectivity index (χ0v) is 14.2. The van der Waals surface area contributed by atoms with E-state index in [0.717, 1.165) is 44.8 Å². The van der Waals surface area contributed by atoms with E-state index in [1.165, 1.54) is 0 Å². The van der Waals surface area contributed by atoms with Crippen molar-refractivity contribution in [2.45, 2.75) is 19.8 Å². The molecule has 0 aromatic carbocycles. The van der Waals surface area contributed by atoms with Gasteiger partial charge in [0.15, 0.2) is 0 Å². The van der Waals surface area contributed by atoms with Crippen molar-refractivity contribution in [3.05, 3.63) is 29.7 Å². The average molecular weight is 331 g/mol. The van der Waals surface area contributed by atoms with Gasteiger partial charge in [0, 0.05) is 45.3 Å². The fourth-order valence-electron chi connectivity index (χ4n) is 3.19. The molecule has 130 valence electrons. The SMILES string of the molecule is Cc1ccc(/C=C/C(=O)N2CCN(CC(=O)N3CCCC3)CC2)o1. The number of carbonyl (C=O) groups is 2. The maximum Gasteiger partial charge on any atom is 0.246 e. The Labute approximate surface area is 142 Å². The molecular weight excluding hydrogens is 306 g/mol. The minimum absolute atomic E-state index is 0.00503. The maximum absolute atomic E-state index is 12.2. The summed E-state index contributed by atoms with van der Waals surface area (Å²) in [7, 11) is 0. The number of furan rings is 1. The fraction of sp³-hybridized carbons (Fsp3) is 0.556. The van der Waals surface area contributed by atoms with E-state index in [1.54, 1.807) is 12.2 Å². The highest BCUT2D eigenvalue weighted by molar-refractivity contribution is 5.91. The minimum Gasteiger partial charge on any atom is -0.462 e. The molecule has 3 heterocycles. The number of carbonyl (C=O) groups excluding carboxylic acids is 2. The maximum atomic E-state index is 12.2. The molecule has 0 atom stereocenters. The number of rotatable bonds is 4. The molecule has 6 heteroatoms. The zero-order chi connectivity index (χ0) is 16.9. The van der Waals surface area contributed by atoms with Crippen molar-refractivity contribution in [3.63, 3.8) is 0 Å². The molecule has 1 aromatic heterocycles. The molecule has 2 amide bonds. The van der Waals surface area contributed by atoms with Gasteiger partial charge in [-0.2, -0.15) is 0 Å². The molecule has 2 aliphatic heterocycles. The Morgan fingerprint density at radius 2 is 1.75 bits per heavy atom. The Morgan fingerprint density at radius 3 is 2.38 bits per heavy atom. The van der Waals surface area contributed by atoms with Crippen molar-refractivity contribution in [3.8, 4) is 0 Å². The lowest BCUT2D eigenvalue weighted by atomic mass is 10.3. The molecule has 0 saturated carbocycles. The predicted octanol–water partition coefficient (Wildman–Crippen LogP) is 1.37. The molecule has 2 fully saturated rings. The second kappa shape index (κ2) is 7.66. The molecular formula is C18H25N3O3. The third-order valence-corrected chi connectivity index (χ3v) is 4.65. The van der Waals surface area contributed by atoms with Crippen LogP contribution >= 0.6 is 0 Å². The largest absolute Gasteiger partial charge is 0.462 e. The van der Waals surface area contributed by atoms with E-state index in [9.17, 15) is 9.59 Å². The summed E-state index contributed by atoms with van der Waals surface area (Å²) in [6.45, 7) is 6.97. The van der Waals surface area contributed by atoms with Gasteiger partial charge in [-0.15, -0.1) is 0 Å². The van der Waals surface area contributed by atoms with Gasteiger partial charge < -0.3 is 14.2 Å². The summed E-state index contributed by atoms with van der Waals surface area (Å²) < 4.78 is 5.42. The molecule has 0 radical (unpaired) electrons. The summed E-state index contributed by atoms with van der Waals surface area (Å²) in [5, 5.41) is 0. The predicted molar refractivity (Wildman–Crippen MR) is 91.3 cm³/mol. The minimum atomic E-state index is -0.00503. The summed E-state index contributed by atoms with van der Waals surface area (Å²) >= 11 is 0. The van der Waals surface area contributed by atoms with Gasteiger partial charge in [0.2, 0.25) is 11.8 Å². The Hall–Kier alpha value is -2.08. The first-order chi connectivity index (χ1) is 11.6. The molecule has 0 aliphatic carbocycles. The number of nitrogens with zero attached hydrogens (tertiary/aromatic N) is 3. The summed E-state index contributed by atoms with van der Waals surface area (Å²) in [6.07, 6.45) is 5.51. The van der Waals surface area contributed by atoms with E-state index in [1.807, 2.05) is 28.9 Å². The Balaban J connectivity index is 1.43. The number of hydrogen-bond donors (Lipinski definition) is 0. The van der Waals surface area contributed by atoms with E-state index in [2.05, 4.69) is 4.90 Å². The first kappa shape index (κ1) is 16.8. The first-order valence-corrected chi connectivity index (χ1v) is 8.65. The van der Waals surface area contributed by atoms with E-state index in [4.69, 9.17) is 4.42 Å². The monoisotopic (exact) mass is 331 g/mol. The van der Waals surface area contributed by atoms with Gasteiger partial charge >= 0.3 is 0 Å². The van der Waals surface area contributed by atoms with Crippen molar-refractivity contribution in [2.75, 3.05) is 45.8 Å². The lowest BCUT2D eigenvalue weighted by Crippen LogP contribution is -2.51. The second-order valence-corrected chi connectivity index (χ2v) is 6.47. The molecule has 1 aromatic rings. The lowest BCUT2D eigenvalue weighted by molar-refractivity contribution is -0.132. The standard InChI is InChI=1S/C18H25N3O3/c1-15-4-5-16(24-15)6-7-17(22)21-12-10-19(11-13-21)14-18(23)20-8-2-3-9-20/h4-7H,2-3,8-14H2,1H3/b7-6+. The number of amides is 2. The molecule has 2 aliphatic rings. The lowest BCUT2D eigenvalue weighted by Gasteiger charge is -2.34. The smallest absolute Gasteiger partial charge is 0.246 e. The Morgan fingerprint density at radius 1 is 1.04 bits per heavy atom. The van der Waals surface area contributed by atoms with E-state index < -0.39 is 0 Å². The third kappa shape index (κ3) is 4.26. The van der Waals surface area contributed by atoms with Crippen molar-refractivity contribution >= 4 is 17.9 Å². The van der Waals surface area contributed by atoms with Gasteiger partial charge in [-0.1, -0.05) is 0 Å². The normalized spacial score (nSPS) is 19.4. The summed E-state index contributed by atoms with van der Waals surface area (Å²) in [6, 6.07) is 3.72. The zero-order valence-electron chi connectivity index (χ0n) is 14.2.